The van der Waals surface area contributed by atoms with E-state index in [2.05, 4.69) is 89.5 Å². The lowest BCUT2D eigenvalue weighted by Crippen LogP contribution is -2.28. The van der Waals surface area contributed by atoms with Crippen molar-refractivity contribution in [3.05, 3.63) is 109 Å². The topological polar surface area (TPSA) is 108 Å². The molecule has 0 atom stereocenters. The molecule has 10 heteroatoms. The fraction of sp³-hybridized carbons (Fsp3) is 0.150. The van der Waals surface area contributed by atoms with E-state index in [4.69, 9.17) is 23.5 Å². The fourth-order valence-electron chi connectivity index (χ4n) is 6.34. The average molecular weight is 690 g/mol. The van der Waals surface area contributed by atoms with E-state index in [9.17, 15) is 8.42 Å². The summed E-state index contributed by atoms with van der Waals surface area (Å²) in [6.45, 7) is 0. The van der Waals surface area contributed by atoms with Gasteiger partial charge in [-0.1, -0.05) is 60.7 Å². The Morgan fingerprint density at radius 1 is 0.560 bits per heavy atom. The van der Waals surface area contributed by atoms with Gasteiger partial charge < -0.3 is 18.9 Å². The molecule has 0 aliphatic rings. The molecule has 0 unspecified atom stereocenters. The van der Waals surface area contributed by atoms with Gasteiger partial charge in [-0.15, -0.1) is 0 Å². The lowest BCUT2D eigenvalue weighted by atomic mass is 10.0. The van der Waals surface area contributed by atoms with Crippen LogP contribution in [-0.4, -0.2) is 52.6 Å². The Balaban J connectivity index is 0.000000153. The molecule has 0 fully saturated rings. The summed E-state index contributed by atoms with van der Waals surface area (Å²) in [7, 11) is 5.06. The minimum atomic E-state index is -3.67. The van der Waals surface area contributed by atoms with Crippen LogP contribution in [0.15, 0.2) is 109 Å². The van der Waals surface area contributed by atoms with E-state index in [-0.39, 0.29) is 0 Å². The number of ether oxygens (including phenoxy) is 4. The molecule has 254 valence electrons. The first kappa shape index (κ1) is 34.2. The third kappa shape index (κ3) is 6.76. The number of rotatable bonds is 4. The smallest absolute Gasteiger partial charge is 0.261 e. The SMILES string of the molecule is COc1cc2c[n+](C)c3c4ccccc4ccc3c2cc1OC.COc1cc2cnc3c4ccccc4ccc3c2cc1OC.CS(=O)(=O)O. The van der Waals surface area contributed by atoms with Crippen molar-refractivity contribution in [2.75, 3.05) is 34.7 Å². The monoisotopic (exact) mass is 689 g/mol. The number of hydrogen-bond donors (Lipinski definition) is 1. The van der Waals surface area contributed by atoms with Gasteiger partial charge in [0.2, 0.25) is 5.52 Å². The summed E-state index contributed by atoms with van der Waals surface area (Å²) < 4.78 is 49.8. The molecule has 9 nitrogen and oxygen atoms in total. The normalized spacial score (nSPS) is 11.3. The summed E-state index contributed by atoms with van der Waals surface area (Å²) in [4.78, 5) is 4.67. The molecule has 8 rings (SSSR count). The fourth-order valence-corrected chi connectivity index (χ4v) is 6.34. The first-order chi connectivity index (χ1) is 24.0. The molecule has 0 aliphatic carbocycles. The van der Waals surface area contributed by atoms with Crippen LogP contribution in [0.1, 0.15) is 0 Å². The van der Waals surface area contributed by atoms with E-state index < -0.39 is 10.1 Å². The van der Waals surface area contributed by atoms with Gasteiger partial charge in [-0.3, -0.25) is 9.54 Å². The van der Waals surface area contributed by atoms with Crippen LogP contribution >= 0.6 is 0 Å². The van der Waals surface area contributed by atoms with Crippen LogP contribution in [0.4, 0.5) is 0 Å². The van der Waals surface area contributed by atoms with E-state index in [1.54, 1.807) is 28.4 Å². The minimum Gasteiger partial charge on any atom is -0.493 e. The zero-order valence-corrected chi connectivity index (χ0v) is 29.4. The third-order valence-corrected chi connectivity index (χ3v) is 8.51. The van der Waals surface area contributed by atoms with Crippen LogP contribution in [0.5, 0.6) is 23.0 Å². The number of nitrogens with zero attached hydrogens (tertiary/aromatic N) is 2. The molecule has 0 spiro atoms. The number of fused-ring (bicyclic) bond motifs is 10. The first-order valence-corrected chi connectivity index (χ1v) is 17.5. The van der Waals surface area contributed by atoms with E-state index in [0.717, 1.165) is 55.4 Å². The molecule has 0 bridgehead atoms. The standard InChI is InChI=1S/C20H18NO2.C19H15NO2.CH4O3S/c1-21-12-14-10-18(22-2)19(23-3)11-17(14)16-9-8-13-6-4-5-7-15(13)20(16)21;1-21-17-9-13-11-20-19-14-6-4-3-5-12(14)7-8-15(19)16(13)10-18(17)22-2;1-5(2,3)4/h4-12H,1-3H3;3-11H,1-2H3;1H3,(H,2,3,4)/q+1;;. The molecule has 8 aromatic rings. The number of aromatic nitrogens is 2. The highest BCUT2D eigenvalue weighted by Crippen LogP contribution is 2.37. The van der Waals surface area contributed by atoms with Crippen LogP contribution in [0.3, 0.4) is 0 Å². The lowest BCUT2D eigenvalue weighted by Gasteiger charge is -2.11. The van der Waals surface area contributed by atoms with Crippen LogP contribution in [0.25, 0.3) is 64.9 Å². The van der Waals surface area contributed by atoms with E-state index in [1.165, 1.54) is 32.4 Å². The van der Waals surface area contributed by atoms with Crippen LogP contribution in [-0.2, 0) is 17.2 Å². The second kappa shape index (κ2) is 14.0. The molecule has 0 radical (unpaired) electrons. The molecule has 1 N–H and O–H groups in total. The van der Waals surface area contributed by atoms with Crippen LogP contribution in [0, 0.1) is 0 Å². The predicted octanol–water partition coefficient (Wildman–Crippen LogP) is 8.05. The Labute approximate surface area is 290 Å². The van der Waals surface area contributed by atoms with E-state index >= 15 is 0 Å². The Morgan fingerprint density at radius 2 is 1.02 bits per heavy atom. The first-order valence-electron chi connectivity index (χ1n) is 15.6. The van der Waals surface area contributed by atoms with Gasteiger partial charge in [0, 0.05) is 27.7 Å². The Kier molecular flexibility index (Phi) is 9.59. The molecule has 0 aliphatic heterocycles. The van der Waals surface area contributed by atoms with Gasteiger partial charge in [0.25, 0.3) is 10.1 Å². The maximum Gasteiger partial charge on any atom is 0.261 e. The third-order valence-electron chi connectivity index (χ3n) is 8.51. The van der Waals surface area contributed by atoms with Gasteiger partial charge in [0.1, 0.15) is 7.05 Å². The molecule has 50 heavy (non-hydrogen) atoms. The van der Waals surface area contributed by atoms with Crippen LogP contribution < -0.4 is 23.5 Å². The Hall–Kier alpha value is -5.71. The second-order valence-corrected chi connectivity index (χ2v) is 13.2. The zero-order valence-electron chi connectivity index (χ0n) is 28.6. The van der Waals surface area contributed by atoms with Crippen molar-refractivity contribution in [2.45, 2.75) is 0 Å². The number of hydrogen-bond acceptors (Lipinski definition) is 7. The molecule has 2 aromatic heterocycles. The Morgan fingerprint density at radius 3 is 1.60 bits per heavy atom. The molecule has 6 aromatic carbocycles. The maximum atomic E-state index is 9.19. The average Bonchev–Trinajstić information content (AvgIpc) is 3.12. The summed E-state index contributed by atoms with van der Waals surface area (Å²) in [5, 5.41) is 11.7. The van der Waals surface area contributed by atoms with Gasteiger partial charge >= 0.3 is 0 Å². The molecule has 0 saturated heterocycles. The van der Waals surface area contributed by atoms with Gasteiger partial charge in [0.05, 0.1) is 56.4 Å². The van der Waals surface area contributed by atoms with Crippen molar-refractivity contribution < 1.29 is 36.5 Å². The predicted molar refractivity (Wildman–Crippen MR) is 201 cm³/mol. The minimum absolute atomic E-state index is 0.715. The van der Waals surface area contributed by atoms with Crippen LogP contribution in [0.2, 0.25) is 0 Å². The van der Waals surface area contributed by atoms with Gasteiger partial charge in [0.15, 0.2) is 29.2 Å². The molecular formula is C40H37N2O7S+. The summed E-state index contributed by atoms with van der Waals surface area (Å²) in [5.74, 6) is 2.95. The van der Waals surface area contributed by atoms with Gasteiger partial charge in [-0.2, -0.15) is 13.0 Å². The van der Waals surface area contributed by atoms with E-state index in [0.29, 0.717) is 6.26 Å². The van der Waals surface area contributed by atoms with E-state index in [1.807, 2.05) is 36.5 Å². The highest BCUT2D eigenvalue weighted by atomic mass is 32.2. The van der Waals surface area contributed by atoms with Crippen molar-refractivity contribution in [3.63, 3.8) is 0 Å². The summed E-state index contributed by atoms with van der Waals surface area (Å²) >= 11 is 0. The van der Waals surface area contributed by atoms with Gasteiger partial charge in [-0.05, 0) is 52.6 Å². The largest absolute Gasteiger partial charge is 0.493 e. The van der Waals surface area contributed by atoms with Crippen molar-refractivity contribution >= 4 is 75.0 Å². The highest BCUT2D eigenvalue weighted by molar-refractivity contribution is 7.85. The van der Waals surface area contributed by atoms with Crippen molar-refractivity contribution in [1.82, 2.24) is 4.98 Å². The van der Waals surface area contributed by atoms with Gasteiger partial charge in [-0.25, -0.2) is 0 Å². The molecular weight excluding hydrogens is 653 g/mol. The quantitative estimate of drug-likeness (QED) is 0.112. The Bertz CT molecular complexity index is 2650. The van der Waals surface area contributed by atoms with Crippen molar-refractivity contribution in [2.24, 2.45) is 7.05 Å². The molecule has 2 heterocycles. The summed E-state index contributed by atoms with van der Waals surface area (Å²) in [6, 6.07) is 33.5. The number of aryl methyl sites for hydroxylation is 1. The lowest BCUT2D eigenvalue weighted by molar-refractivity contribution is -0.642. The van der Waals surface area contributed by atoms with Crippen molar-refractivity contribution in [3.8, 4) is 23.0 Å². The maximum absolute atomic E-state index is 9.19. The number of pyridine rings is 2. The zero-order chi connectivity index (χ0) is 35.6. The summed E-state index contributed by atoms with van der Waals surface area (Å²) in [5.41, 5.74) is 2.24. The van der Waals surface area contributed by atoms with Crippen molar-refractivity contribution in [1.29, 1.82) is 0 Å². The molecule has 0 saturated carbocycles. The second-order valence-electron chi connectivity index (χ2n) is 11.7. The number of methoxy groups -OCH3 is 4. The highest BCUT2D eigenvalue weighted by Gasteiger charge is 2.17. The summed E-state index contributed by atoms with van der Waals surface area (Å²) in [6.07, 6.45) is 4.76. The molecule has 0 amide bonds. The number of benzene rings is 6.